The van der Waals surface area contributed by atoms with Crippen LogP contribution in [0.5, 0.6) is 0 Å². The second kappa shape index (κ2) is 5.51. The monoisotopic (exact) mass is 324 g/mol. The van der Waals surface area contributed by atoms with Gasteiger partial charge in [0, 0.05) is 21.8 Å². The third kappa shape index (κ3) is 2.89. The first-order valence-corrected chi connectivity index (χ1v) is 6.91. The number of thiophene rings is 1. The minimum absolute atomic E-state index is 0.355. The molecular weight excluding hydrogens is 315 g/mol. The van der Waals surface area contributed by atoms with E-state index >= 15 is 0 Å². The van der Waals surface area contributed by atoms with Gasteiger partial charge in [-0.25, -0.2) is 4.39 Å². The van der Waals surface area contributed by atoms with Crippen molar-refractivity contribution in [3.8, 4) is 6.07 Å². The number of benzene rings is 1. The molecule has 0 saturated carbocycles. The van der Waals surface area contributed by atoms with Crippen LogP contribution in [0.2, 0.25) is 0 Å². The molecule has 1 aromatic heterocycles. The summed E-state index contributed by atoms with van der Waals surface area (Å²) in [6, 6.07) is 8.33. The van der Waals surface area contributed by atoms with Gasteiger partial charge in [0.25, 0.3) is 0 Å². The van der Waals surface area contributed by atoms with Crippen molar-refractivity contribution in [2.24, 2.45) is 0 Å². The molecule has 0 saturated heterocycles. The Morgan fingerprint density at radius 3 is 2.83 bits per heavy atom. The Balaban J connectivity index is 2.24. The maximum atomic E-state index is 13.1. The molecule has 0 aliphatic carbocycles. The van der Waals surface area contributed by atoms with E-state index in [2.05, 4.69) is 15.9 Å². The average molecular weight is 325 g/mol. The Kier molecular flexibility index (Phi) is 4.00. The molecule has 2 aromatic rings. The predicted molar refractivity (Wildman–Crippen MR) is 75.2 cm³/mol. The van der Waals surface area contributed by atoms with E-state index in [4.69, 9.17) is 5.26 Å². The molecule has 0 radical (unpaired) electrons. The summed E-state index contributed by atoms with van der Waals surface area (Å²) >= 11 is 5.05. The first kappa shape index (κ1) is 13.1. The topological polar surface area (TPSA) is 27.0 Å². The second-order valence-electron chi connectivity index (χ2n) is 3.86. The van der Waals surface area contributed by atoms with Crippen molar-refractivity contribution >= 4 is 33.0 Å². The molecule has 2 rings (SSSR count). The van der Waals surface area contributed by atoms with E-state index in [1.165, 1.54) is 17.0 Å². The van der Waals surface area contributed by atoms with Crippen molar-refractivity contribution in [2.75, 3.05) is 11.9 Å². The van der Waals surface area contributed by atoms with Gasteiger partial charge in [0.15, 0.2) is 0 Å². The quantitative estimate of drug-likeness (QED) is 0.847. The minimum Gasteiger partial charge on any atom is -0.368 e. The fourth-order valence-electron chi connectivity index (χ4n) is 1.69. The molecule has 1 aromatic carbocycles. The zero-order valence-electron chi connectivity index (χ0n) is 9.65. The van der Waals surface area contributed by atoms with Crippen molar-refractivity contribution in [3.05, 3.63) is 50.4 Å². The molecule has 0 spiro atoms. The zero-order chi connectivity index (χ0) is 13.1. The maximum absolute atomic E-state index is 13.1. The van der Waals surface area contributed by atoms with E-state index in [1.807, 2.05) is 29.5 Å². The van der Waals surface area contributed by atoms with E-state index in [-0.39, 0.29) is 5.82 Å². The van der Waals surface area contributed by atoms with Crippen LogP contribution >= 0.6 is 27.3 Å². The molecule has 0 N–H and O–H groups in total. The van der Waals surface area contributed by atoms with E-state index in [9.17, 15) is 4.39 Å². The van der Waals surface area contributed by atoms with Gasteiger partial charge in [-0.3, -0.25) is 0 Å². The van der Waals surface area contributed by atoms with Gasteiger partial charge in [0.2, 0.25) is 0 Å². The molecule has 1 heterocycles. The highest BCUT2D eigenvalue weighted by Crippen LogP contribution is 2.25. The van der Waals surface area contributed by atoms with E-state index in [0.29, 0.717) is 12.1 Å². The number of hydrogen-bond acceptors (Lipinski definition) is 3. The highest BCUT2D eigenvalue weighted by molar-refractivity contribution is 9.10. The molecule has 18 heavy (non-hydrogen) atoms. The molecule has 2 nitrogen and oxygen atoms in total. The lowest BCUT2D eigenvalue weighted by atomic mass is 10.1. The SMILES string of the molecule is CN(Cc1cc(Br)cs1)c1ccc(F)cc1C#N. The molecule has 0 unspecified atom stereocenters. The lowest BCUT2D eigenvalue weighted by Gasteiger charge is -2.19. The maximum Gasteiger partial charge on any atom is 0.124 e. The molecule has 92 valence electrons. The summed E-state index contributed by atoms with van der Waals surface area (Å²) in [6.45, 7) is 0.691. The third-order valence-electron chi connectivity index (χ3n) is 2.51. The first-order valence-electron chi connectivity index (χ1n) is 5.24. The van der Waals surface area contributed by atoms with Gasteiger partial charge in [0.05, 0.1) is 17.8 Å². The summed E-state index contributed by atoms with van der Waals surface area (Å²) in [5.41, 5.74) is 1.09. The van der Waals surface area contributed by atoms with Crippen molar-refractivity contribution in [3.63, 3.8) is 0 Å². The summed E-state index contributed by atoms with van der Waals surface area (Å²) < 4.78 is 14.1. The van der Waals surface area contributed by atoms with Crippen LogP contribution < -0.4 is 4.90 Å². The Hall–Kier alpha value is -1.38. The van der Waals surface area contributed by atoms with Crippen LogP contribution in [-0.2, 0) is 6.54 Å². The number of halogens is 2. The van der Waals surface area contributed by atoms with Crippen LogP contribution in [-0.4, -0.2) is 7.05 Å². The van der Waals surface area contributed by atoms with Crippen LogP contribution in [0.4, 0.5) is 10.1 Å². The lowest BCUT2D eigenvalue weighted by Crippen LogP contribution is -2.16. The number of nitriles is 1. The summed E-state index contributed by atoms with van der Waals surface area (Å²) in [5, 5.41) is 11.0. The molecule has 0 fully saturated rings. The van der Waals surface area contributed by atoms with Crippen LogP contribution in [0.15, 0.2) is 34.1 Å². The lowest BCUT2D eigenvalue weighted by molar-refractivity contribution is 0.627. The zero-order valence-corrected chi connectivity index (χ0v) is 12.1. The smallest absolute Gasteiger partial charge is 0.124 e. The molecule has 0 atom stereocenters. The standard InChI is InChI=1S/C13H10BrFN2S/c1-17(7-12-5-10(14)8-18-12)13-3-2-11(15)4-9(13)6-16/h2-5,8H,7H2,1H3. The number of hydrogen-bond donors (Lipinski definition) is 0. The van der Waals surface area contributed by atoms with Crippen molar-refractivity contribution in [1.29, 1.82) is 5.26 Å². The van der Waals surface area contributed by atoms with Gasteiger partial charge in [-0.05, 0) is 40.2 Å². The number of rotatable bonds is 3. The average Bonchev–Trinajstić information content (AvgIpc) is 2.74. The summed E-state index contributed by atoms with van der Waals surface area (Å²) in [7, 11) is 1.89. The Bertz CT molecular complexity index is 603. The van der Waals surface area contributed by atoms with Crippen LogP contribution in [0, 0.1) is 17.1 Å². The largest absolute Gasteiger partial charge is 0.368 e. The minimum atomic E-state index is -0.387. The fourth-order valence-corrected chi connectivity index (χ4v) is 3.19. The molecule has 0 bridgehead atoms. The van der Waals surface area contributed by atoms with Crippen LogP contribution in [0.25, 0.3) is 0 Å². The summed E-state index contributed by atoms with van der Waals surface area (Å²) in [5.74, 6) is -0.387. The van der Waals surface area contributed by atoms with Gasteiger partial charge in [0.1, 0.15) is 11.9 Å². The van der Waals surface area contributed by atoms with Gasteiger partial charge >= 0.3 is 0 Å². The van der Waals surface area contributed by atoms with Crippen molar-refractivity contribution in [1.82, 2.24) is 0 Å². The summed E-state index contributed by atoms with van der Waals surface area (Å²) in [4.78, 5) is 3.12. The van der Waals surface area contributed by atoms with E-state index in [0.717, 1.165) is 10.2 Å². The van der Waals surface area contributed by atoms with E-state index in [1.54, 1.807) is 17.4 Å². The number of anilines is 1. The van der Waals surface area contributed by atoms with Gasteiger partial charge in [-0.2, -0.15) is 5.26 Å². The second-order valence-corrected chi connectivity index (χ2v) is 5.77. The Morgan fingerprint density at radius 1 is 1.44 bits per heavy atom. The highest BCUT2D eigenvalue weighted by atomic mass is 79.9. The van der Waals surface area contributed by atoms with Gasteiger partial charge in [-0.15, -0.1) is 11.3 Å². The van der Waals surface area contributed by atoms with Crippen LogP contribution in [0.1, 0.15) is 10.4 Å². The highest BCUT2D eigenvalue weighted by Gasteiger charge is 2.10. The molecule has 5 heteroatoms. The molecule has 0 aliphatic heterocycles. The van der Waals surface area contributed by atoms with E-state index < -0.39 is 0 Å². The number of nitrogens with zero attached hydrogens (tertiary/aromatic N) is 2. The Morgan fingerprint density at radius 2 is 2.22 bits per heavy atom. The van der Waals surface area contributed by atoms with Crippen molar-refractivity contribution < 1.29 is 4.39 Å². The first-order chi connectivity index (χ1) is 8.60. The summed E-state index contributed by atoms with van der Waals surface area (Å²) in [6.07, 6.45) is 0. The Labute approximate surface area is 117 Å². The van der Waals surface area contributed by atoms with Gasteiger partial charge < -0.3 is 4.90 Å². The normalized spacial score (nSPS) is 10.1. The predicted octanol–water partition coefficient (Wildman–Crippen LogP) is 4.16. The fraction of sp³-hybridized carbons (Fsp3) is 0.154. The van der Waals surface area contributed by atoms with Gasteiger partial charge in [-0.1, -0.05) is 0 Å². The van der Waals surface area contributed by atoms with Crippen molar-refractivity contribution in [2.45, 2.75) is 6.54 Å². The molecular formula is C13H10BrFN2S. The molecule has 0 aliphatic rings. The van der Waals surface area contributed by atoms with Crippen LogP contribution in [0.3, 0.4) is 0 Å². The third-order valence-corrected chi connectivity index (χ3v) is 4.19. The molecule has 0 amide bonds.